The van der Waals surface area contributed by atoms with E-state index in [-0.39, 0.29) is 31.8 Å². The van der Waals surface area contributed by atoms with Gasteiger partial charge < -0.3 is 27.2 Å². The van der Waals surface area contributed by atoms with E-state index < -0.39 is 23.8 Å². The van der Waals surface area contributed by atoms with Crippen molar-refractivity contribution in [2.45, 2.75) is 25.4 Å². The first-order chi connectivity index (χ1) is 11.3. The summed E-state index contributed by atoms with van der Waals surface area (Å²) in [5.74, 6) is -2.04. The van der Waals surface area contributed by atoms with E-state index in [9.17, 15) is 14.4 Å². The smallest absolute Gasteiger partial charge is 0.303 e. The van der Waals surface area contributed by atoms with E-state index in [1.807, 2.05) is 0 Å². The van der Waals surface area contributed by atoms with Crippen LogP contribution in [0.5, 0.6) is 0 Å². The van der Waals surface area contributed by atoms with Crippen LogP contribution in [0, 0.1) is 5.41 Å². The molecule has 0 aliphatic carbocycles. The first-order valence-electron chi connectivity index (χ1n) is 7.24. The van der Waals surface area contributed by atoms with Gasteiger partial charge in [-0.2, -0.15) is 0 Å². The zero-order chi connectivity index (χ0) is 18.1. The number of amides is 2. The Kier molecular flexibility index (Phi) is 7.37. The molecule has 0 fully saturated rings. The number of carbonyl (C=O) groups excluding carboxylic acids is 2. The van der Waals surface area contributed by atoms with E-state index in [1.165, 1.54) is 0 Å². The van der Waals surface area contributed by atoms with Crippen LogP contribution in [0.15, 0.2) is 24.3 Å². The summed E-state index contributed by atoms with van der Waals surface area (Å²) in [6.45, 7) is 0.0170. The second kappa shape index (κ2) is 9.26. The molecule has 1 atom stereocenters. The van der Waals surface area contributed by atoms with Gasteiger partial charge in [-0.1, -0.05) is 24.3 Å². The topological polar surface area (TPSA) is 171 Å². The minimum atomic E-state index is -1.04. The Morgan fingerprint density at radius 3 is 2.33 bits per heavy atom. The van der Waals surface area contributed by atoms with Gasteiger partial charge in [0.2, 0.25) is 11.8 Å². The van der Waals surface area contributed by atoms with Crippen molar-refractivity contribution in [2.24, 2.45) is 11.5 Å². The summed E-state index contributed by atoms with van der Waals surface area (Å²) in [6, 6.07) is 5.85. The van der Waals surface area contributed by atoms with Crippen LogP contribution in [0.2, 0.25) is 0 Å². The van der Waals surface area contributed by atoms with E-state index in [2.05, 4.69) is 10.6 Å². The van der Waals surface area contributed by atoms with Crippen LogP contribution in [0.3, 0.4) is 0 Å². The minimum absolute atomic E-state index is 0.00524. The zero-order valence-electron chi connectivity index (χ0n) is 13.0. The highest BCUT2D eigenvalue weighted by Gasteiger charge is 2.15. The van der Waals surface area contributed by atoms with E-state index in [4.69, 9.17) is 22.0 Å². The monoisotopic (exact) mass is 335 g/mol. The van der Waals surface area contributed by atoms with Crippen molar-refractivity contribution in [1.82, 2.24) is 10.6 Å². The van der Waals surface area contributed by atoms with Gasteiger partial charge in [-0.15, -0.1) is 0 Å². The molecule has 0 spiro atoms. The highest BCUT2D eigenvalue weighted by Crippen LogP contribution is 2.03. The molecule has 8 N–H and O–H groups in total. The third-order valence-electron chi connectivity index (χ3n) is 3.18. The summed E-state index contributed by atoms with van der Waals surface area (Å²) >= 11 is 0. The van der Waals surface area contributed by atoms with Gasteiger partial charge in [0.05, 0.1) is 12.6 Å². The lowest BCUT2D eigenvalue weighted by molar-refractivity contribution is -0.137. The van der Waals surface area contributed by atoms with Crippen molar-refractivity contribution in [3.8, 4) is 0 Å². The summed E-state index contributed by atoms with van der Waals surface area (Å²) < 4.78 is 0. The molecular formula is C15H21N5O4. The summed E-state index contributed by atoms with van der Waals surface area (Å²) in [7, 11) is 0. The van der Waals surface area contributed by atoms with Crippen molar-refractivity contribution < 1.29 is 19.5 Å². The molecule has 1 aromatic carbocycles. The molecule has 0 aliphatic rings. The van der Waals surface area contributed by atoms with Gasteiger partial charge in [0.15, 0.2) is 0 Å². The Hall–Kier alpha value is -2.94. The van der Waals surface area contributed by atoms with Gasteiger partial charge in [-0.25, -0.2) is 0 Å². The number of hydrogen-bond donors (Lipinski definition) is 6. The molecule has 9 heteroatoms. The van der Waals surface area contributed by atoms with Crippen molar-refractivity contribution in [1.29, 1.82) is 5.41 Å². The van der Waals surface area contributed by atoms with Crippen LogP contribution in [0.1, 0.15) is 24.0 Å². The molecule has 1 unspecified atom stereocenters. The second-order valence-corrected chi connectivity index (χ2v) is 5.14. The van der Waals surface area contributed by atoms with Crippen LogP contribution < -0.4 is 22.1 Å². The summed E-state index contributed by atoms with van der Waals surface area (Å²) in [4.78, 5) is 33.7. The van der Waals surface area contributed by atoms with Crippen LogP contribution >= 0.6 is 0 Å². The SMILES string of the molecule is N=C(N)c1ccc(CNC(=O)CNC(=O)C(N)CCC(=O)O)cc1. The maximum atomic E-state index is 11.7. The fourth-order valence-electron chi connectivity index (χ4n) is 1.77. The molecule has 130 valence electrons. The normalized spacial score (nSPS) is 11.4. The van der Waals surface area contributed by atoms with Crippen LogP contribution in [-0.4, -0.2) is 41.3 Å². The predicted molar refractivity (Wildman–Crippen MR) is 87.2 cm³/mol. The van der Waals surface area contributed by atoms with Crippen molar-refractivity contribution in [3.05, 3.63) is 35.4 Å². The molecule has 0 radical (unpaired) electrons. The zero-order valence-corrected chi connectivity index (χ0v) is 13.0. The molecule has 1 aromatic rings. The van der Waals surface area contributed by atoms with E-state index in [1.54, 1.807) is 24.3 Å². The fourth-order valence-corrected chi connectivity index (χ4v) is 1.77. The lowest BCUT2D eigenvalue weighted by atomic mass is 10.1. The minimum Gasteiger partial charge on any atom is -0.481 e. The Morgan fingerprint density at radius 2 is 1.79 bits per heavy atom. The number of carbonyl (C=O) groups is 3. The summed E-state index contributed by atoms with van der Waals surface area (Å²) in [5.41, 5.74) is 12.3. The molecule has 24 heavy (non-hydrogen) atoms. The largest absolute Gasteiger partial charge is 0.481 e. The number of benzene rings is 1. The maximum absolute atomic E-state index is 11.7. The number of nitrogen functional groups attached to an aromatic ring is 1. The van der Waals surface area contributed by atoms with Gasteiger partial charge in [0.1, 0.15) is 5.84 Å². The van der Waals surface area contributed by atoms with Crippen molar-refractivity contribution in [3.63, 3.8) is 0 Å². The predicted octanol–water partition coefficient (Wildman–Crippen LogP) is -1.10. The molecular weight excluding hydrogens is 314 g/mol. The quantitative estimate of drug-likeness (QED) is 0.247. The number of aliphatic carboxylic acids is 1. The molecule has 0 heterocycles. The number of amidine groups is 1. The van der Waals surface area contributed by atoms with Gasteiger partial charge >= 0.3 is 5.97 Å². The lowest BCUT2D eigenvalue weighted by Crippen LogP contribution is -2.44. The molecule has 0 aromatic heterocycles. The first kappa shape index (κ1) is 19.1. The van der Waals surface area contributed by atoms with E-state index in [0.29, 0.717) is 5.56 Å². The molecule has 2 amide bonds. The Morgan fingerprint density at radius 1 is 1.17 bits per heavy atom. The van der Waals surface area contributed by atoms with Crippen LogP contribution in [0.4, 0.5) is 0 Å². The molecule has 0 saturated carbocycles. The third kappa shape index (κ3) is 6.88. The molecule has 1 rings (SSSR count). The Bertz CT molecular complexity index is 615. The van der Waals surface area contributed by atoms with Gasteiger partial charge in [-0.05, 0) is 12.0 Å². The lowest BCUT2D eigenvalue weighted by Gasteiger charge is -2.11. The standard InChI is InChI=1S/C15H21N5O4/c16-11(5-6-13(22)23)15(24)20-8-12(21)19-7-9-1-3-10(4-2-9)14(17)18/h1-4,11H,5-8,16H2,(H3,17,18)(H,19,21)(H,20,24)(H,22,23). The van der Waals surface area contributed by atoms with Crippen molar-refractivity contribution >= 4 is 23.6 Å². The van der Waals surface area contributed by atoms with Gasteiger partial charge in [0.25, 0.3) is 0 Å². The third-order valence-corrected chi connectivity index (χ3v) is 3.18. The average molecular weight is 335 g/mol. The second-order valence-electron chi connectivity index (χ2n) is 5.14. The molecule has 0 saturated heterocycles. The number of rotatable bonds is 9. The molecule has 0 bridgehead atoms. The van der Waals surface area contributed by atoms with E-state index in [0.717, 1.165) is 5.56 Å². The van der Waals surface area contributed by atoms with E-state index >= 15 is 0 Å². The highest BCUT2D eigenvalue weighted by molar-refractivity contribution is 5.94. The molecule has 9 nitrogen and oxygen atoms in total. The number of carboxylic acid groups (broad SMARTS) is 1. The van der Waals surface area contributed by atoms with Crippen LogP contribution in [0.25, 0.3) is 0 Å². The van der Waals surface area contributed by atoms with Gasteiger partial charge in [-0.3, -0.25) is 19.8 Å². The first-order valence-corrected chi connectivity index (χ1v) is 7.24. The highest BCUT2D eigenvalue weighted by atomic mass is 16.4. The Balaban J connectivity index is 2.32. The van der Waals surface area contributed by atoms with Gasteiger partial charge in [0, 0.05) is 18.5 Å². The Labute approximate surface area is 138 Å². The number of nitrogens with two attached hydrogens (primary N) is 2. The number of nitrogens with one attached hydrogen (secondary N) is 3. The number of carboxylic acids is 1. The van der Waals surface area contributed by atoms with Crippen LogP contribution in [-0.2, 0) is 20.9 Å². The van der Waals surface area contributed by atoms with Crippen molar-refractivity contribution in [2.75, 3.05) is 6.54 Å². The molecule has 0 aliphatic heterocycles. The number of hydrogen-bond acceptors (Lipinski definition) is 5. The average Bonchev–Trinajstić information content (AvgIpc) is 2.55. The maximum Gasteiger partial charge on any atom is 0.303 e. The summed E-state index contributed by atoms with van der Waals surface area (Å²) in [5, 5.41) is 20.8. The fraction of sp³-hybridized carbons (Fsp3) is 0.333. The summed E-state index contributed by atoms with van der Waals surface area (Å²) in [6.07, 6.45) is -0.206.